The molecule has 0 saturated carbocycles. The third kappa shape index (κ3) is 4.18. The predicted molar refractivity (Wildman–Crippen MR) is 88.0 cm³/mol. The van der Waals surface area contributed by atoms with E-state index in [4.69, 9.17) is 10.9 Å². The fourth-order valence-electron chi connectivity index (χ4n) is 2.87. The topological polar surface area (TPSA) is 65.1 Å². The van der Waals surface area contributed by atoms with Gasteiger partial charge in [-0.3, -0.25) is 9.80 Å². The van der Waals surface area contributed by atoms with Crippen LogP contribution in [0.3, 0.4) is 0 Å². The molecule has 2 rings (SSSR count). The highest BCUT2D eigenvalue weighted by Crippen LogP contribution is 2.20. The molecule has 0 bridgehead atoms. The van der Waals surface area contributed by atoms with Crippen molar-refractivity contribution in [2.24, 2.45) is 10.9 Å². The third-order valence-corrected chi connectivity index (χ3v) is 5.35. The Labute approximate surface area is 131 Å². The highest BCUT2D eigenvalue weighted by Gasteiger charge is 2.25. The maximum atomic E-state index is 8.87. The van der Waals surface area contributed by atoms with Gasteiger partial charge in [-0.2, -0.15) is 0 Å². The van der Waals surface area contributed by atoms with E-state index in [1.54, 1.807) is 0 Å². The lowest BCUT2D eigenvalue weighted by atomic mass is 10.1. The van der Waals surface area contributed by atoms with E-state index in [0.29, 0.717) is 5.84 Å². The Balaban J connectivity index is 1.85. The summed E-state index contributed by atoms with van der Waals surface area (Å²) in [4.78, 5) is 7.71. The first-order chi connectivity index (χ1) is 10.2. The Bertz CT molecular complexity index is 466. The highest BCUT2D eigenvalue weighted by molar-refractivity contribution is 7.11. The molecule has 1 fully saturated rings. The Hall–Kier alpha value is -1.11. The monoisotopic (exact) mass is 310 g/mol. The first-order valence-electron chi connectivity index (χ1n) is 7.69. The lowest BCUT2D eigenvalue weighted by molar-refractivity contribution is 0.110. The summed E-state index contributed by atoms with van der Waals surface area (Å²) in [7, 11) is 0. The molecule has 1 aromatic heterocycles. The number of oxime groups is 1. The second-order valence-electron chi connectivity index (χ2n) is 5.48. The number of hydrogen-bond donors (Lipinski definition) is 2. The van der Waals surface area contributed by atoms with Crippen LogP contribution in [0.2, 0.25) is 0 Å². The van der Waals surface area contributed by atoms with Crippen LogP contribution in [0.15, 0.2) is 17.3 Å². The van der Waals surface area contributed by atoms with E-state index in [2.05, 4.69) is 40.9 Å². The minimum atomic E-state index is 0.0607. The fourth-order valence-corrected chi connectivity index (χ4v) is 3.87. The van der Waals surface area contributed by atoms with Gasteiger partial charge in [0.05, 0.1) is 6.04 Å². The van der Waals surface area contributed by atoms with Crippen molar-refractivity contribution in [3.63, 3.8) is 0 Å². The smallest absolute Gasteiger partial charge is 0.156 e. The summed E-state index contributed by atoms with van der Waals surface area (Å²) in [5, 5.41) is 12.0. The molecule has 0 amide bonds. The summed E-state index contributed by atoms with van der Waals surface area (Å²) in [6.45, 7) is 9.34. The van der Waals surface area contributed by atoms with Crippen molar-refractivity contribution in [3.05, 3.63) is 21.9 Å². The van der Waals surface area contributed by atoms with Crippen LogP contribution in [0.5, 0.6) is 0 Å². The number of piperazine rings is 1. The molecule has 5 nitrogen and oxygen atoms in total. The first-order valence-corrected chi connectivity index (χ1v) is 8.51. The van der Waals surface area contributed by atoms with Crippen LogP contribution in [0.4, 0.5) is 0 Å². The van der Waals surface area contributed by atoms with Gasteiger partial charge in [-0.1, -0.05) is 19.0 Å². The molecule has 6 heteroatoms. The van der Waals surface area contributed by atoms with Gasteiger partial charge in [0.15, 0.2) is 5.84 Å². The van der Waals surface area contributed by atoms with Gasteiger partial charge in [-0.15, -0.1) is 11.3 Å². The fraction of sp³-hybridized carbons (Fsp3) is 0.667. The maximum Gasteiger partial charge on any atom is 0.156 e. The second-order valence-corrected chi connectivity index (χ2v) is 6.74. The zero-order valence-corrected chi connectivity index (χ0v) is 13.8. The normalized spacial score (nSPS) is 19.8. The van der Waals surface area contributed by atoms with Crippen molar-refractivity contribution >= 4 is 17.2 Å². The zero-order chi connectivity index (χ0) is 15.2. The number of rotatable bonds is 6. The Morgan fingerprint density at radius 1 is 1.29 bits per heavy atom. The van der Waals surface area contributed by atoms with Gasteiger partial charge < -0.3 is 10.9 Å². The average molecular weight is 310 g/mol. The number of nitrogens with zero attached hydrogens (tertiary/aromatic N) is 3. The van der Waals surface area contributed by atoms with Crippen LogP contribution >= 0.6 is 11.3 Å². The van der Waals surface area contributed by atoms with Gasteiger partial charge in [0, 0.05) is 42.5 Å². The molecule has 3 N–H and O–H groups in total. The Morgan fingerprint density at radius 3 is 2.48 bits per heavy atom. The van der Waals surface area contributed by atoms with Crippen LogP contribution in [-0.4, -0.2) is 53.1 Å². The van der Waals surface area contributed by atoms with E-state index in [-0.39, 0.29) is 6.04 Å². The number of nitrogens with two attached hydrogens (primary N) is 1. The van der Waals surface area contributed by atoms with Gasteiger partial charge in [0.2, 0.25) is 0 Å². The molecule has 1 saturated heterocycles. The molecule has 0 aliphatic carbocycles. The molecular weight excluding hydrogens is 284 g/mol. The van der Waals surface area contributed by atoms with Crippen molar-refractivity contribution in [2.75, 3.05) is 26.2 Å². The predicted octanol–water partition coefficient (Wildman–Crippen LogP) is 1.95. The molecule has 0 radical (unpaired) electrons. The maximum absolute atomic E-state index is 8.87. The third-order valence-electron chi connectivity index (χ3n) is 4.14. The molecule has 1 aliphatic rings. The Kier molecular flexibility index (Phi) is 6.02. The molecule has 0 spiro atoms. The standard InChI is InChI=1S/C15H26N4OS/c1-3-12-5-6-13(21-12)11-18-7-9-19(10-8-18)14(4-2)15(16)17-20/h5-6,14,20H,3-4,7-11H2,1-2H3,(H2,16,17). The quantitative estimate of drug-likeness (QED) is 0.365. The molecule has 1 aromatic rings. The van der Waals surface area contributed by atoms with Crippen molar-refractivity contribution in [1.82, 2.24) is 9.80 Å². The van der Waals surface area contributed by atoms with Crippen LogP contribution in [-0.2, 0) is 13.0 Å². The van der Waals surface area contributed by atoms with Crippen LogP contribution < -0.4 is 5.73 Å². The van der Waals surface area contributed by atoms with Crippen molar-refractivity contribution in [2.45, 2.75) is 39.3 Å². The number of amidine groups is 1. The summed E-state index contributed by atoms with van der Waals surface area (Å²) in [5.41, 5.74) is 5.78. The SMILES string of the molecule is CCc1ccc(CN2CCN(C(CC)C(N)=NO)CC2)s1. The van der Waals surface area contributed by atoms with Crippen LogP contribution in [0, 0.1) is 0 Å². The van der Waals surface area contributed by atoms with E-state index in [1.165, 1.54) is 9.75 Å². The largest absolute Gasteiger partial charge is 0.409 e. The summed E-state index contributed by atoms with van der Waals surface area (Å²) in [6, 6.07) is 4.55. The molecular formula is C15H26N4OS. The Morgan fingerprint density at radius 2 is 1.95 bits per heavy atom. The summed E-state index contributed by atoms with van der Waals surface area (Å²) in [5.74, 6) is 0.330. The minimum Gasteiger partial charge on any atom is -0.409 e. The zero-order valence-electron chi connectivity index (χ0n) is 13.0. The van der Waals surface area contributed by atoms with E-state index >= 15 is 0 Å². The molecule has 1 unspecified atom stereocenters. The highest BCUT2D eigenvalue weighted by atomic mass is 32.1. The van der Waals surface area contributed by atoms with Gasteiger partial charge >= 0.3 is 0 Å². The lowest BCUT2D eigenvalue weighted by Crippen LogP contribution is -2.53. The molecule has 21 heavy (non-hydrogen) atoms. The van der Waals surface area contributed by atoms with E-state index in [9.17, 15) is 0 Å². The number of aryl methyl sites for hydroxylation is 1. The molecule has 0 aromatic carbocycles. The van der Waals surface area contributed by atoms with Gasteiger partial charge in [-0.05, 0) is 25.0 Å². The first kappa shape index (κ1) is 16.3. The average Bonchev–Trinajstić information content (AvgIpc) is 2.97. The van der Waals surface area contributed by atoms with Gasteiger partial charge in [0.25, 0.3) is 0 Å². The number of hydrogen-bond acceptors (Lipinski definition) is 5. The molecule has 2 heterocycles. The molecule has 1 aliphatic heterocycles. The lowest BCUT2D eigenvalue weighted by Gasteiger charge is -2.38. The van der Waals surface area contributed by atoms with E-state index in [1.807, 2.05) is 11.3 Å². The van der Waals surface area contributed by atoms with Crippen LogP contribution in [0.25, 0.3) is 0 Å². The minimum absolute atomic E-state index is 0.0607. The van der Waals surface area contributed by atoms with Gasteiger partial charge in [-0.25, -0.2) is 0 Å². The van der Waals surface area contributed by atoms with Crippen molar-refractivity contribution < 1.29 is 5.21 Å². The van der Waals surface area contributed by atoms with Gasteiger partial charge in [0.1, 0.15) is 0 Å². The van der Waals surface area contributed by atoms with Crippen molar-refractivity contribution in [1.29, 1.82) is 0 Å². The van der Waals surface area contributed by atoms with E-state index < -0.39 is 0 Å². The molecule has 1 atom stereocenters. The molecule has 118 valence electrons. The summed E-state index contributed by atoms with van der Waals surface area (Å²) in [6.07, 6.45) is 2.00. The summed E-state index contributed by atoms with van der Waals surface area (Å²) >= 11 is 1.92. The second kappa shape index (κ2) is 7.77. The van der Waals surface area contributed by atoms with E-state index in [0.717, 1.165) is 45.6 Å². The number of thiophene rings is 1. The van der Waals surface area contributed by atoms with Crippen molar-refractivity contribution in [3.8, 4) is 0 Å². The summed E-state index contributed by atoms with van der Waals surface area (Å²) < 4.78 is 0. The van der Waals surface area contributed by atoms with Crippen LogP contribution in [0.1, 0.15) is 30.0 Å².